The number of amides is 1. The Kier molecular flexibility index (Phi) is 4.00. The molecule has 1 N–H and O–H groups in total. The van der Waals surface area contributed by atoms with Gasteiger partial charge in [0.15, 0.2) is 0 Å². The SMILES string of the molecule is CC(C(=O)O)N(C(=O)C(F)(F)F)C1CCCC1. The molecule has 17 heavy (non-hydrogen) atoms. The van der Waals surface area contributed by atoms with E-state index in [4.69, 9.17) is 5.11 Å². The molecule has 0 heterocycles. The van der Waals surface area contributed by atoms with Crippen molar-refractivity contribution < 1.29 is 27.9 Å². The van der Waals surface area contributed by atoms with E-state index in [0.717, 1.165) is 19.8 Å². The van der Waals surface area contributed by atoms with Crippen molar-refractivity contribution in [3.8, 4) is 0 Å². The molecule has 0 saturated heterocycles. The molecular weight excluding hydrogens is 239 g/mol. The number of alkyl halides is 3. The summed E-state index contributed by atoms with van der Waals surface area (Å²) in [6, 6.07) is -2.07. The largest absolute Gasteiger partial charge is 0.480 e. The van der Waals surface area contributed by atoms with E-state index in [1.165, 1.54) is 0 Å². The summed E-state index contributed by atoms with van der Waals surface area (Å²) >= 11 is 0. The maximum Gasteiger partial charge on any atom is 0.471 e. The van der Waals surface area contributed by atoms with Crippen molar-refractivity contribution in [1.29, 1.82) is 0 Å². The van der Waals surface area contributed by atoms with E-state index in [0.29, 0.717) is 17.7 Å². The number of hydrogen-bond donors (Lipinski definition) is 1. The van der Waals surface area contributed by atoms with Gasteiger partial charge in [-0.2, -0.15) is 13.2 Å². The number of carboxylic acids is 1. The third kappa shape index (κ3) is 3.10. The van der Waals surface area contributed by atoms with Crippen LogP contribution in [0.5, 0.6) is 0 Å². The minimum absolute atomic E-state index is 0.430. The first-order chi connectivity index (χ1) is 7.75. The second-order valence-electron chi connectivity index (χ2n) is 4.16. The quantitative estimate of drug-likeness (QED) is 0.834. The molecule has 98 valence electrons. The first kappa shape index (κ1) is 13.8. The van der Waals surface area contributed by atoms with Crippen LogP contribution < -0.4 is 0 Å². The van der Waals surface area contributed by atoms with Crippen LogP contribution in [0.2, 0.25) is 0 Å². The van der Waals surface area contributed by atoms with Crippen LogP contribution >= 0.6 is 0 Å². The molecule has 1 saturated carbocycles. The molecule has 1 aliphatic carbocycles. The predicted octanol–water partition coefficient (Wildman–Crippen LogP) is 1.79. The summed E-state index contributed by atoms with van der Waals surface area (Å²) in [6.45, 7) is 1.10. The molecule has 0 aliphatic heterocycles. The zero-order valence-corrected chi connectivity index (χ0v) is 9.33. The summed E-state index contributed by atoms with van der Waals surface area (Å²) < 4.78 is 37.2. The summed E-state index contributed by atoms with van der Waals surface area (Å²) in [5.74, 6) is -3.48. The lowest BCUT2D eigenvalue weighted by Crippen LogP contribution is -2.53. The van der Waals surface area contributed by atoms with Gasteiger partial charge >= 0.3 is 18.1 Å². The molecule has 1 unspecified atom stereocenters. The van der Waals surface area contributed by atoms with E-state index >= 15 is 0 Å². The fourth-order valence-corrected chi connectivity index (χ4v) is 2.11. The van der Waals surface area contributed by atoms with Gasteiger partial charge in [0.25, 0.3) is 0 Å². The Morgan fingerprint density at radius 2 is 1.76 bits per heavy atom. The van der Waals surface area contributed by atoms with E-state index in [2.05, 4.69) is 0 Å². The van der Waals surface area contributed by atoms with Gasteiger partial charge in [-0.1, -0.05) is 12.8 Å². The summed E-state index contributed by atoms with van der Waals surface area (Å²) in [5.41, 5.74) is 0. The molecule has 1 rings (SSSR count). The van der Waals surface area contributed by atoms with E-state index in [1.54, 1.807) is 0 Å². The molecular formula is C10H14F3NO3. The van der Waals surface area contributed by atoms with Gasteiger partial charge in [-0.3, -0.25) is 4.79 Å². The summed E-state index contributed by atoms with van der Waals surface area (Å²) in [5, 5.41) is 8.77. The third-order valence-corrected chi connectivity index (χ3v) is 2.97. The summed E-state index contributed by atoms with van der Waals surface area (Å²) in [4.78, 5) is 22.5. The molecule has 4 nitrogen and oxygen atoms in total. The topological polar surface area (TPSA) is 57.6 Å². The molecule has 7 heteroatoms. The molecule has 1 atom stereocenters. The minimum Gasteiger partial charge on any atom is -0.480 e. The number of carbonyl (C=O) groups is 2. The molecule has 0 spiro atoms. The number of rotatable bonds is 3. The molecule has 0 aromatic carbocycles. The highest BCUT2D eigenvalue weighted by Crippen LogP contribution is 2.29. The number of carbonyl (C=O) groups excluding carboxylic acids is 1. The van der Waals surface area contributed by atoms with Crippen molar-refractivity contribution >= 4 is 11.9 Å². The minimum atomic E-state index is -5.02. The monoisotopic (exact) mass is 253 g/mol. The second kappa shape index (κ2) is 4.93. The van der Waals surface area contributed by atoms with Crippen LogP contribution in [0.3, 0.4) is 0 Å². The fraction of sp³-hybridized carbons (Fsp3) is 0.800. The zero-order valence-electron chi connectivity index (χ0n) is 9.33. The Morgan fingerprint density at radius 3 is 2.12 bits per heavy atom. The number of aliphatic carboxylic acids is 1. The summed E-state index contributed by atoms with van der Waals surface area (Å²) in [7, 11) is 0. The lowest BCUT2D eigenvalue weighted by atomic mass is 10.1. The van der Waals surface area contributed by atoms with Crippen LogP contribution in [0.1, 0.15) is 32.6 Å². The van der Waals surface area contributed by atoms with Crippen LogP contribution in [-0.4, -0.2) is 40.1 Å². The lowest BCUT2D eigenvalue weighted by Gasteiger charge is -2.32. The van der Waals surface area contributed by atoms with Gasteiger partial charge in [-0.25, -0.2) is 4.79 Å². The van der Waals surface area contributed by atoms with Gasteiger partial charge in [0, 0.05) is 6.04 Å². The molecule has 0 bridgehead atoms. The maximum absolute atomic E-state index is 12.4. The zero-order chi connectivity index (χ0) is 13.2. The normalized spacial score (nSPS) is 19.1. The van der Waals surface area contributed by atoms with Gasteiger partial charge in [-0.05, 0) is 19.8 Å². The highest BCUT2D eigenvalue weighted by molar-refractivity contribution is 5.87. The number of halogens is 3. The van der Waals surface area contributed by atoms with Crippen molar-refractivity contribution in [3.05, 3.63) is 0 Å². The van der Waals surface area contributed by atoms with Gasteiger partial charge in [-0.15, -0.1) is 0 Å². The highest BCUT2D eigenvalue weighted by atomic mass is 19.4. The Bertz CT molecular complexity index is 310. The maximum atomic E-state index is 12.4. The predicted molar refractivity (Wildman–Crippen MR) is 52.3 cm³/mol. The average Bonchev–Trinajstić information content (AvgIpc) is 2.69. The highest BCUT2D eigenvalue weighted by Gasteiger charge is 2.47. The van der Waals surface area contributed by atoms with Gasteiger partial charge in [0.1, 0.15) is 6.04 Å². The number of nitrogens with zero attached hydrogens (tertiary/aromatic N) is 1. The van der Waals surface area contributed by atoms with Gasteiger partial charge in [0.05, 0.1) is 0 Å². The molecule has 1 amide bonds. The fourth-order valence-electron chi connectivity index (χ4n) is 2.11. The Labute approximate surface area is 96.4 Å². The standard InChI is InChI=1S/C10H14F3NO3/c1-6(8(15)16)14(7-4-2-3-5-7)9(17)10(11,12)13/h6-7H,2-5H2,1H3,(H,15,16). The lowest BCUT2D eigenvalue weighted by molar-refractivity contribution is -0.192. The van der Waals surface area contributed by atoms with Crippen molar-refractivity contribution in [2.75, 3.05) is 0 Å². The number of carboxylic acid groups (broad SMARTS) is 1. The van der Waals surface area contributed by atoms with E-state index < -0.39 is 30.1 Å². The molecule has 1 aliphatic rings. The molecule has 0 aromatic heterocycles. The van der Waals surface area contributed by atoms with Crippen LogP contribution in [0.15, 0.2) is 0 Å². The van der Waals surface area contributed by atoms with Gasteiger partial charge in [0.2, 0.25) is 0 Å². The van der Waals surface area contributed by atoms with Crippen LogP contribution in [-0.2, 0) is 9.59 Å². The molecule has 0 radical (unpaired) electrons. The van der Waals surface area contributed by atoms with E-state index in [9.17, 15) is 22.8 Å². The molecule has 1 fully saturated rings. The van der Waals surface area contributed by atoms with Crippen molar-refractivity contribution in [2.24, 2.45) is 0 Å². The Balaban J connectivity index is 2.93. The second-order valence-corrected chi connectivity index (χ2v) is 4.16. The third-order valence-electron chi connectivity index (χ3n) is 2.97. The average molecular weight is 253 g/mol. The Morgan fingerprint density at radius 1 is 1.29 bits per heavy atom. The first-order valence-electron chi connectivity index (χ1n) is 5.37. The molecule has 0 aromatic rings. The van der Waals surface area contributed by atoms with Crippen LogP contribution in [0, 0.1) is 0 Å². The van der Waals surface area contributed by atoms with E-state index in [1.807, 2.05) is 0 Å². The Hall–Kier alpha value is -1.27. The smallest absolute Gasteiger partial charge is 0.471 e. The number of hydrogen-bond acceptors (Lipinski definition) is 2. The van der Waals surface area contributed by atoms with Crippen molar-refractivity contribution in [2.45, 2.75) is 50.9 Å². The van der Waals surface area contributed by atoms with Crippen molar-refractivity contribution in [1.82, 2.24) is 4.90 Å². The van der Waals surface area contributed by atoms with Crippen LogP contribution in [0.4, 0.5) is 13.2 Å². The summed E-state index contributed by atoms with van der Waals surface area (Å²) in [6.07, 6.45) is -2.72. The van der Waals surface area contributed by atoms with Crippen molar-refractivity contribution in [3.63, 3.8) is 0 Å². The van der Waals surface area contributed by atoms with Crippen LogP contribution in [0.25, 0.3) is 0 Å². The van der Waals surface area contributed by atoms with Gasteiger partial charge < -0.3 is 10.0 Å². The van der Waals surface area contributed by atoms with E-state index in [-0.39, 0.29) is 0 Å². The first-order valence-corrected chi connectivity index (χ1v) is 5.37.